The minimum Gasteiger partial charge on any atom is -0.481 e. The maximum atomic E-state index is 11.0. The molecule has 3 atom stereocenters. The SMILES string of the molecule is CC1CC(C=Cc2ccccc2)CC1C(=O)O. The van der Waals surface area contributed by atoms with Gasteiger partial charge in [0.1, 0.15) is 0 Å². The molecule has 1 aromatic carbocycles. The predicted octanol–water partition coefficient (Wildman–Crippen LogP) is 3.45. The number of hydrogen-bond acceptors (Lipinski definition) is 1. The van der Waals surface area contributed by atoms with E-state index in [1.165, 1.54) is 5.56 Å². The van der Waals surface area contributed by atoms with Crippen LogP contribution in [0.2, 0.25) is 0 Å². The van der Waals surface area contributed by atoms with Gasteiger partial charge in [-0.2, -0.15) is 0 Å². The van der Waals surface area contributed by atoms with Crippen LogP contribution in [-0.4, -0.2) is 11.1 Å². The summed E-state index contributed by atoms with van der Waals surface area (Å²) in [5.74, 6) is -0.113. The molecule has 2 heteroatoms. The summed E-state index contributed by atoms with van der Waals surface area (Å²) in [5.41, 5.74) is 1.18. The van der Waals surface area contributed by atoms with Crippen molar-refractivity contribution in [3.63, 3.8) is 0 Å². The first-order valence-electron chi connectivity index (χ1n) is 6.13. The fraction of sp³-hybridized carbons (Fsp3) is 0.400. The van der Waals surface area contributed by atoms with Gasteiger partial charge in [0.05, 0.1) is 5.92 Å². The van der Waals surface area contributed by atoms with E-state index < -0.39 is 5.97 Å². The Labute approximate surface area is 102 Å². The van der Waals surface area contributed by atoms with Gasteiger partial charge in [0.2, 0.25) is 0 Å². The standard InChI is InChI=1S/C15H18O2/c1-11-9-13(10-14(11)15(16)17)8-7-12-5-3-2-4-6-12/h2-8,11,13-14H,9-10H2,1H3,(H,16,17). The third-order valence-electron chi connectivity index (χ3n) is 3.60. The van der Waals surface area contributed by atoms with E-state index in [4.69, 9.17) is 5.11 Å². The van der Waals surface area contributed by atoms with Crippen LogP contribution >= 0.6 is 0 Å². The van der Waals surface area contributed by atoms with Crippen LogP contribution in [0.5, 0.6) is 0 Å². The Balaban J connectivity index is 1.98. The van der Waals surface area contributed by atoms with Crippen LogP contribution < -0.4 is 0 Å². The number of aliphatic carboxylic acids is 1. The first-order chi connectivity index (χ1) is 8.16. The molecular formula is C15H18O2. The van der Waals surface area contributed by atoms with E-state index in [0.717, 1.165) is 12.8 Å². The smallest absolute Gasteiger partial charge is 0.306 e. The molecule has 0 spiro atoms. The molecule has 1 N–H and O–H groups in total. The van der Waals surface area contributed by atoms with Gasteiger partial charge in [0.15, 0.2) is 0 Å². The van der Waals surface area contributed by atoms with E-state index in [-0.39, 0.29) is 11.8 Å². The van der Waals surface area contributed by atoms with Crippen molar-refractivity contribution in [1.82, 2.24) is 0 Å². The molecule has 1 fully saturated rings. The van der Waals surface area contributed by atoms with Crippen molar-refractivity contribution < 1.29 is 9.90 Å². The molecule has 0 bridgehead atoms. The first kappa shape index (κ1) is 11.9. The highest BCUT2D eigenvalue weighted by molar-refractivity contribution is 5.70. The minimum atomic E-state index is -0.645. The summed E-state index contributed by atoms with van der Waals surface area (Å²) in [6.07, 6.45) is 6.02. The molecule has 0 saturated heterocycles. The zero-order valence-corrected chi connectivity index (χ0v) is 10.0. The van der Waals surface area contributed by atoms with Gasteiger partial charge >= 0.3 is 5.97 Å². The van der Waals surface area contributed by atoms with Crippen LogP contribution in [-0.2, 0) is 4.79 Å². The highest BCUT2D eigenvalue weighted by Crippen LogP contribution is 2.37. The van der Waals surface area contributed by atoms with Crippen LogP contribution in [0.1, 0.15) is 25.3 Å². The quantitative estimate of drug-likeness (QED) is 0.863. The number of carboxylic acid groups (broad SMARTS) is 1. The first-order valence-corrected chi connectivity index (χ1v) is 6.13. The largest absolute Gasteiger partial charge is 0.481 e. The lowest BCUT2D eigenvalue weighted by molar-refractivity contribution is -0.142. The zero-order valence-electron chi connectivity index (χ0n) is 10.0. The van der Waals surface area contributed by atoms with E-state index in [9.17, 15) is 4.79 Å². The van der Waals surface area contributed by atoms with Gasteiger partial charge in [-0.1, -0.05) is 49.4 Å². The Bertz CT molecular complexity index is 408. The molecule has 0 aromatic heterocycles. The summed E-state index contributed by atoms with van der Waals surface area (Å²) in [6.45, 7) is 2.04. The fourth-order valence-electron chi connectivity index (χ4n) is 2.61. The summed E-state index contributed by atoms with van der Waals surface area (Å²) >= 11 is 0. The normalized spacial score (nSPS) is 28.6. The Hall–Kier alpha value is -1.57. The van der Waals surface area contributed by atoms with Crippen molar-refractivity contribution >= 4 is 12.0 Å². The molecule has 0 radical (unpaired) electrons. The Morgan fingerprint density at radius 3 is 2.59 bits per heavy atom. The van der Waals surface area contributed by atoms with Gasteiger partial charge in [0.25, 0.3) is 0 Å². The van der Waals surface area contributed by atoms with Crippen LogP contribution in [0.25, 0.3) is 6.08 Å². The molecule has 1 saturated carbocycles. The average molecular weight is 230 g/mol. The molecular weight excluding hydrogens is 212 g/mol. The second-order valence-corrected chi connectivity index (χ2v) is 4.92. The highest BCUT2D eigenvalue weighted by atomic mass is 16.4. The lowest BCUT2D eigenvalue weighted by Gasteiger charge is -2.07. The number of benzene rings is 1. The second-order valence-electron chi connectivity index (χ2n) is 4.92. The summed E-state index contributed by atoms with van der Waals surface area (Å²) < 4.78 is 0. The zero-order chi connectivity index (χ0) is 12.3. The molecule has 17 heavy (non-hydrogen) atoms. The van der Waals surface area contributed by atoms with Gasteiger partial charge in [-0.15, -0.1) is 0 Å². The van der Waals surface area contributed by atoms with Crippen molar-refractivity contribution in [3.8, 4) is 0 Å². The molecule has 1 aliphatic carbocycles. The maximum Gasteiger partial charge on any atom is 0.306 e. The molecule has 0 amide bonds. The van der Waals surface area contributed by atoms with Crippen molar-refractivity contribution in [2.24, 2.45) is 17.8 Å². The summed E-state index contributed by atoms with van der Waals surface area (Å²) in [7, 11) is 0. The topological polar surface area (TPSA) is 37.3 Å². The summed E-state index contributed by atoms with van der Waals surface area (Å²) in [6, 6.07) is 10.1. The van der Waals surface area contributed by atoms with E-state index >= 15 is 0 Å². The molecule has 2 rings (SSSR count). The molecule has 90 valence electrons. The molecule has 1 aliphatic rings. The lowest BCUT2D eigenvalue weighted by atomic mass is 9.99. The Morgan fingerprint density at radius 2 is 2.00 bits per heavy atom. The predicted molar refractivity (Wildman–Crippen MR) is 68.5 cm³/mol. The van der Waals surface area contributed by atoms with Gasteiger partial charge in [-0.3, -0.25) is 4.79 Å². The molecule has 2 nitrogen and oxygen atoms in total. The Morgan fingerprint density at radius 1 is 1.29 bits per heavy atom. The molecule has 3 unspecified atom stereocenters. The van der Waals surface area contributed by atoms with Crippen LogP contribution in [0, 0.1) is 17.8 Å². The van der Waals surface area contributed by atoms with Gasteiger partial charge in [-0.05, 0) is 30.2 Å². The minimum absolute atomic E-state index is 0.166. The summed E-state index contributed by atoms with van der Waals surface area (Å²) in [5, 5.41) is 9.06. The number of carboxylic acids is 1. The number of hydrogen-bond donors (Lipinski definition) is 1. The highest BCUT2D eigenvalue weighted by Gasteiger charge is 2.34. The second kappa shape index (κ2) is 5.17. The van der Waals surface area contributed by atoms with Gasteiger partial charge < -0.3 is 5.11 Å². The molecule has 0 aliphatic heterocycles. The third-order valence-corrected chi connectivity index (χ3v) is 3.60. The maximum absolute atomic E-state index is 11.0. The van der Waals surface area contributed by atoms with E-state index in [1.54, 1.807) is 0 Å². The number of rotatable bonds is 3. The van der Waals surface area contributed by atoms with E-state index in [0.29, 0.717) is 5.92 Å². The van der Waals surface area contributed by atoms with Crippen LogP contribution in [0.3, 0.4) is 0 Å². The number of carbonyl (C=O) groups is 1. The van der Waals surface area contributed by atoms with E-state index in [1.807, 2.05) is 25.1 Å². The number of allylic oxidation sites excluding steroid dienone is 1. The van der Waals surface area contributed by atoms with Crippen LogP contribution in [0.15, 0.2) is 36.4 Å². The van der Waals surface area contributed by atoms with E-state index in [2.05, 4.69) is 24.3 Å². The van der Waals surface area contributed by atoms with Crippen LogP contribution in [0.4, 0.5) is 0 Å². The third kappa shape index (κ3) is 2.96. The van der Waals surface area contributed by atoms with Crippen molar-refractivity contribution in [2.45, 2.75) is 19.8 Å². The average Bonchev–Trinajstić information content (AvgIpc) is 2.69. The van der Waals surface area contributed by atoms with Crippen molar-refractivity contribution in [3.05, 3.63) is 42.0 Å². The molecule has 1 aromatic rings. The van der Waals surface area contributed by atoms with Crippen molar-refractivity contribution in [2.75, 3.05) is 0 Å². The van der Waals surface area contributed by atoms with Gasteiger partial charge in [0, 0.05) is 0 Å². The van der Waals surface area contributed by atoms with Crippen molar-refractivity contribution in [1.29, 1.82) is 0 Å². The monoisotopic (exact) mass is 230 g/mol. The summed E-state index contributed by atoms with van der Waals surface area (Å²) in [4.78, 5) is 11.0. The van der Waals surface area contributed by atoms with Gasteiger partial charge in [-0.25, -0.2) is 0 Å². The Kier molecular flexibility index (Phi) is 3.62. The molecule has 0 heterocycles. The lowest BCUT2D eigenvalue weighted by Crippen LogP contribution is -2.15. The fourth-order valence-corrected chi connectivity index (χ4v) is 2.61.